The maximum Gasteiger partial charge on any atom is 0.313 e. The molecule has 0 aromatic heterocycles. The number of methoxy groups -OCH3 is 1. The molecule has 0 bridgehead atoms. The van der Waals surface area contributed by atoms with Crippen LogP contribution in [-0.4, -0.2) is 13.1 Å². The lowest BCUT2D eigenvalue weighted by Gasteiger charge is -2.15. The fourth-order valence-electron chi connectivity index (χ4n) is 2.03. The molecule has 0 saturated carbocycles. The summed E-state index contributed by atoms with van der Waals surface area (Å²) in [6.07, 6.45) is 0.482. The van der Waals surface area contributed by atoms with Gasteiger partial charge in [-0.3, -0.25) is 4.79 Å². The van der Waals surface area contributed by atoms with Crippen molar-refractivity contribution in [3.05, 3.63) is 70.5 Å². The first kappa shape index (κ1) is 14.5. The van der Waals surface area contributed by atoms with Crippen molar-refractivity contribution in [3.63, 3.8) is 0 Å². The molecule has 0 aliphatic heterocycles. The minimum absolute atomic E-state index is 0.330. The standard InChI is InChI=1S/C16H14ClFO2/c1-20-16(19)15(12-4-8-14(18)9-5-12)10-11-2-6-13(17)7-3-11/h2-9,15H,10H2,1H3/t15-/m1/s1. The van der Waals surface area contributed by atoms with Gasteiger partial charge in [0.25, 0.3) is 0 Å². The lowest BCUT2D eigenvalue weighted by molar-refractivity contribution is -0.142. The van der Waals surface area contributed by atoms with Crippen molar-refractivity contribution in [2.45, 2.75) is 12.3 Å². The maximum absolute atomic E-state index is 13.0. The molecule has 0 unspecified atom stereocenters. The number of esters is 1. The van der Waals surface area contributed by atoms with Crippen LogP contribution in [0.15, 0.2) is 48.5 Å². The van der Waals surface area contributed by atoms with Crippen molar-refractivity contribution in [2.24, 2.45) is 0 Å². The smallest absolute Gasteiger partial charge is 0.313 e. The fourth-order valence-corrected chi connectivity index (χ4v) is 2.16. The van der Waals surface area contributed by atoms with E-state index in [1.807, 2.05) is 12.1 Å². The van der Waals surface area contributed by atoms with Crippen LogP contribution in [0.5, 0.6) is 0 Å². The highest BCUT2D eigenvalue weighted by atomic mass is 35.5. The van der Waals surface area contributed by atoms with E-state index >= 15 is 0 Å². The fraction of sp³-hybridized carbons (Fsp3) is 0.188. The van der Waals surface area contributed by atoms with Crippen molar-refractivity contribution in [1.29, 1.82) is 0 Å². The van der Waals surface area contributed by atoms with Crippen molar-refractivity contribution in [1.82, 2.24) is 0 Å². The number of ether oxygens (including phenoxy) is 1. The molecule has 0 amide bonds. The second-order valence-electron chi connectivity index (χ2n) is 4.46. The number of rotatable bonds is 4. The van der Waals surface area contributed by atoms with Gasteiger partial charge in [-0.25, -0.2) is 4.39 Å². The SMILES string of the molecule is COC(=O)[C@H](Cc1ccc(Cl)cc1)c1ccc(F)cc1. The first-order valence-electron chi connectivity index (χ1n) is 6.18. The molecule has 0 N–H and O–H groups in total. The summed E-state index contributed by atoms with van der Waals surface area (Å²) in [6, 6.07) is 13.2. The van der Waals surface area contributed by atoms with Crippen molar-refractivity contribution >= 4 is 17.6 Å². The Balaban J connectivity index is 2.26. The predicted molar refractivity (Wildman–Crippen MR) is 76.3 cm³/mol. The Labute approximate surface area is 122 Å². The van der Waals surface area contributed by atoms with Gasteiger partial charge in [0.1, 0.15) is 5.82 Å². The van der Waals surface area contributed by atoms with Gasteiger partial charge in [0.2, 0.25) is 0 Å². The number of halogens is 2. The van der Waals surface area contributed by atoms with Crippen molar-refractivity contribution < 1.29 is 13.9 Å². The van der Waals surface area contributed by atoms with E-state index in [0.29, 0.717) is 11.4 Å². The molecule has 1 atom stereocenters. The van der Waals surface area contributed by atoms with Gasteiger partial charge in [0, 0.05) is 5.02 Å². The van der Waals surface area contributed by atoms with Crippen molar-refractivity contribution in [2.75, 3.05) is 7.11 Å². The lowest BCUT2D eigenvalue weighted by Crippen LogP contribution is -2.16. The summed E-state index contributed by atoms with van der Waals surface area (Å²) in [4.78, 5) is 11.9. The third-order valence-electron chi connectivity index (χ3n) is 3.11. The molecule has 2 aromatic rings. The average Bonchev–Trinajstić information content (AvgIpc) is 2.47. The molecule has 0 spiro atoms. The first-order valence-corrected chi connectivity index (χ1v) is 6.55. The Morgan fingerprint density at radius 3 is 2.30 bits per heavy atom. The molecule has 104 valence electrons. The molecule has 0 fully saturated rings. The number of carbonyl (C=O) groups is 1. The molecular weight excluding hydrogens is 279 g/mol. The van der Waals surface area contributed by atoms with Crippen LogP contribution in [0.3, 0.4) is 0 Å². The van der Waals surface area contributed by atoms with Gasteiger partial charge in [0.05, 0.1) is 13.0 Å². The molecule has 20 heavy (non-hydrogen) atoms. The Kier molecular flexibility index (Phi) is 4.74. The summed E-state index contributed by atoms with van der Waals surface area (Å²) in [5.74, 6) is -1.13. The van der Waals surface area contributed by atoms with E-state index in [9.17, 15) is 9.18 Å². The Morgan fingerprint density at radius 1 is 1.15 bits per heavy atom. The highest BCUT2D eigenvalue weighted by molar-refractivity contribution is 6.30. The van der Waals surface area contributed by atoms with Crippen LogP contribution in [0.4, 0.5) is 4.39 Å². The van der Waals surface area contributed by atoms with Gasteiger partial charge in [-0.05, 0) is 41.8 Å². The van der Waals surface area contributed by atoms with Crippen LogP contribution in [0.25, 0.3) is 0 Å². The quantitative estimate of drug-likeness (QED) is 0.797. The van der Waals surface area contributed by atoms with Crippen LogP contribution >= 0.6 is 11.6 Å². The van der Waals surface area contributed by atoms with Crippen molar-refractivity contribution in [3.8, 4) is 0 Å². The van der Waals surface area contributed by atoms with Gasteiger partial charge >= 0.3 is 5.97 Å². The third-order valence-corrected chi connectivity index (χ3v) is 3.36. The summed E-state index contributed by atoms with van der Waals surface area (Å²) in [6.45, 7) is 0. The molecule has 4 heteroatoms. The van der Waals surface area contributed by atoms with E-state index in [1.54, 1.807) is 24.3 Å². The van der Waals surface area contributed by atoms with E-state index < -0.39 is 5.92 Å². The maximum atomic E-state index is 13.0. The lowest BCUT2D eigenvalue weighted by atomic mass is 9.92. The highest BCUT2D eigenvalue weighted by Gasteiger charge is 2.21. The van der Waals surface area contributed by atoms with Gasteiger partial charge in [-0.2, -0.15) is 0 Å². The summed E-state index contributed by atoms with van der Waals surface area (Å²) in [5.41, 5.74) is 1.70. The monoisotopic (exact) mass is 292 g/mol. The van der Waals surface area contributed by atoms with Gasteiger partial charge in [0.15, 0.2) is 0 Å². The summed E-state index contributed by atoms with van der Waals surface area (Å²) in [5, 5.41) is 0.644. The Hall–Kier alpha value is -1.87. The normalized spacial score (nSPS) is 11.9. The second-order valence-corrected chi connectivity index (χ2v) is 4.89. The largest absolute Gasteiger partial charge is 0.469 e. The van der Waals surface area contributed by atoms with Gasteiger partial charge in [-0.1, -0.05) is 35.9 Å². The molecular formula is C16H14ClFO2. The molecule has 2 aromatic carbocycles. The van der Waals surface area contributed by atoms with Crippen LogP contribution in [0, 0.1) is 5.82 Å². The molecule has 2 nitrogen and oxygen atoms in total. The molecule has 0 heterocycles. The number of carbonyl (C=O) groups excluding carboxylic acids is 1. The Bertz CT molecular complexity index is 578. The van der Waals surface area contributed by atoms with Gasteiger partial charge < -0.3 is 4.74 Å². The highest BCUT2D eigenvalue weighted by Crippen LogP contribution is 2.23. The van der Waals surface area contributed by atoms with E-state index in [-0.39, 0.29) is 11.8 Å². The topological polar surface area (TPSA) is 26.3 Å². The zero-order valence-corrected chi connectivity index (χ0v) is 11.7. The second kappa shape index (κ2) is 6.53. The van der Waals surface area contributed by atoms with Crippen LogP contribution < -0.4 is 0 Å². The molecule has 0 aliphatic carbocycles. The summed E-state index contributed by atoms with van der Waals surface area (Å²) < 4.78 is 17.8. The van der Waals surface area contributed by atoms with Gasteiger partial charge in [-0.15, -0.1) is 0 Å². The predicted octanol–water partition coefficient (Wildman–Crippen LogP) is 3.98. The minimum Gasteiger partial charge on any atom is -0.469 e. The van der Waals surface area contributed by atoms with E-state index in [4.69, 9.17) is 16.3 Å². The number of benzene rings is 2. The number of hydrogen-bond acceptors (Lipinski definition) is 2. The van der Waals surface area contributed by atoms with E-state index in [2.05, 4.69) is 0 Å². The average molecular weight is 293 g/mol. The van der Waals surface area contributed by atoms with E-state index in [0.717, 1.165) is 11.1 Å². The summed E-state index contributed by atoms with van der Waals surface area (Å²) in [7, 11) is 1.35. The first-order chi connectivity index (χ1) is 9.60. The molecule has 0 radical (unpaired) electrons. The molecule has 2 rings (SSSR count). The summed E-state index contributed by atoms with van der Waals surface area (Å²) >= 11 is 5.84. The number of hydrogen-bond donors (Lipinski definition) is 0. The third kappa shape index (κ3) is 3.58. The molecule has 0 saturated heterocycles. The zero-order valence-electron chi connectivity index (χ0n) is 11.0. The zero-order chi connectivity index (χ0) is 14.5. The molecule has 0 aliphatic rings. The Morgan fingerprint density at radius 2 is 1.75 bits per heavy atom. The minimum atomic E-state index is -0.457. The van der Waals surface area contributed by atoms with Crippen LogP contribution in [0.2, 0.25) is 5.02 Å². The van der Waals surface area contributed by atoms with Crippen LogP contribution in [-0.2, 0) is 16.0 Å². The van der Waals surface area contributed by atoms with E-state index in [1.165, 1.54) is 19.2 Å². The van der Waals surface area contributed by atoms with Crippen LogP contribution in [0.1, 0.15) is 17.0 Å².